The van der Waals surface area contributed by atoms with Crippen LogP contribution in [0.2, 0.25) is 0 Å². The van der Waals surface area contributed by atoms with Crippen molar-refractivity contribution in [3.8, 4) is 0 Å². The van der Waals surface area contributed by atoms with Crippen LogP contribution in [0.25, 0.3) is 0 Å². The molecule has 2 aromatic heterocycles. The number of hydrogen-bond acceptors (Lipinski definition) is 4. The fraction of sp³-hybridized carbons (Fsp3) is 0.182. The van der Waals surface area contributed by atoms with Crippen LogP contribution in [-0.2, 0) is 13.1 Å². The molecule has 2 aromatic rings. The van der Waals surface area contributed by atoms with Crippen molar-refractivity contribution in [2.75, 3.05) is 5.73 Å². The Labute approximate surface area is 88.1 Å². The predicted octanol–water partition coefficient (Wildman–Crippen LogP) is 1.55. The van der Waals surface area contributed by atoms with Crippen molar-refractivity contribution in [2.24, 2.45) is 0 Å². The van der Waals surface area contributed by atoms with Gasteiger partial charge in [0.1, 0.15) is 5.76 Å². The number of rotatable bonds is 4. The summed E-state index contributed by atoms with van der Waals surface area (Å²) in [5.74, 6) is 1.29. The Balaban J connectivity index is 1.80. The van der Waals surface area contributed by atoms with E-state index in [9.17, 15) is 0 Å². The molecule has 0 aliphatic carbocycles. The normalized spacial score (nSPS) is 10.4. The summed E-state index contributed by atoms with van der Waals surface area (Å²) in [5, 5.41) is 3.22. The number of furan rings is 1. The first-order valence-corrected chi connectivity index (χ1v) is 4.79. The van der Waals surface area contributed by atoms with Crippen molar-refractivity contribution in [3.63, 3.8) is 0 Å². The molecule has 0 spiro atoms. The molecule has 0 unspecified atom stereocenters. The maximum Gasteiger partial charge on any atom is 0.190 e. The van der Waals surface area contributed by atoms with Gasteiger partial charge in [-0.2, -0.15) is 0 Å². The minimum Gasteiger partial charge on any atom is -0.445 e. The lowest BCUT2D eigenvalue weighted by atomic mass is 10.3. The van der Waals surface area contributed by atoms with Crippen LogP contribution in [0.4, 0.5) is 5.88 Å². The van der Waals surface area contributed by atoms with Crippen LogP contribution in [0.3, 0.4) is 0 Å². The summed E-state index contributed by atoms with van der Waals surface area (Å²) in [6.45, 7) is 1.38. The Morgan fingerprint density at radius 1 is 1.20 bits per heavy atom. The van der Waals surface area contributed by atoms with E-state index in [1.54, 1.807) is 12.3 Å². The van der Waals surface area contributed by atoms with Gasteiger partial charge in [-0.25, -0.2) is 0 Å². The lowest BCUT2D eigenvalue weighted by molar-refractivity contribution is 0.495. The number of nitrogens with two attached hydrogens (primary N) is 1. The average Bonchev–Trinajstić information content (AvgIpc) is 2.66. The van der Waals surface area contributed by atoms with Crippen molar-refractivity contribution in [2.45, 2.75) is 13.1 Å². The van der Waals surface area contributed by atoms with E-state index < -0.39 is 0 Å². The Morgan fingerprint density at radius 2 is 2.13 bits per heavy atom. The Bertz CT molecular complexity index is 411. The first-order valence-electron chi connectivity index (χ1n) is 4.79. The molecule has 4 heteroatoms. The Morgan fingerprint density at radius 3 is 2.80 bits per heavy atom. The highest BCUT2D eigenvalue weighted by atomic mass is 16.4. The monoisotopic (exact) mass is 203 g/mol. The van der Waals surface area contributed by atoms with E-state index in [1.165, 1.54) is 0 Å². The van der Waals surface area contributed by atoms with E-state index >= 15 is 0 Å². The van der Waals surface area contributed by atoms with Gasteiger partial charge in [-0.15, -0.1) is 0 Å². The molecule has 0 fully saturated rings. The highest BCUT2D eigenvalue weighted by molar-refractivity contribution is 5.25. The molecule has 15 heavy (non-hydrogen) atoms. The number of nitrogens with one attached hydrogen (secondary N) is 1. The maximum absolute atomic E-state index is 5.45. The van der Waals surface area contributed by atoms with Crippen LogP contribution in [0.15, 0.2) is 40.9 Å². The molecule has 0 aromatic carbocycles. The Kier molecular flexibility index (Phi) is 2.99. The minimum atomic E-state index is 0.449. The predicted molar refractivity (Wildman–Crippen MR) is 57.9 cm³/mol. The van der Waals surface area contributed by atoms with E-state index in [0.29, 0.717) is 12.4 Å². The Hall–Kier alpha value is -1.81. The van der Waals surface area contributed by atoms with Crippen molar-refractivity contribution in [1.29, 1.82) is 0 Å². The zero-order chi connectivity index (χ0) is 10.5. The minimum absolute atomic E-state index is 0.449. The van der Waals surface area contributed by atoms with Gasteiger partial charge >= 0.3 is 0 Å². The molecule has 4 nitrogen and oxygen atoms in total. The molecule has 2 rings (SSSR count). The molecule has 0 aliphatic heterocycles. The topological polar surface area (TPSA) is 64.1 Å². The molecule has 2 heterocycles. The maximum atomic E-state index is 5.45. The number of anilines is 1. The molecule has 0 bridgehead atoms. The lowest BCUT2D eigenvalue weighted by Crippen LogP contribution is -2.12. The zero-order valence-corrected chi connectivity index (χ0v) is 8.31. The van der Waals surface area contributed by atoms with Gasteiger partial charge < -0.3 is 15.5 Å². The van der Waals surface area contributed by atoms with Crippen molar-refractivity contribution >= 4 is 5.88 Å². The molecule has 0 saturated heterocycles. The van der Waals surface area contributed by atoms with Crippen LogP contribution in [0, 0.1) is 0 Å². The third-order valence-corrected chi connectivity index (χ3v) is 2.01. The summed E-state index contributed by atoms with van der Waals surface area (Å²) in [6, 6.07) is 9.45. The van der Waals surface area contributed by atoms with Gasteiger partial charge in [0.05, 0.1) is 12.2 Å². The molecule has 3 N–H and O–H groups in total. The molecule has 0 radical (unpaired) electrons. The number of nitrogen functional groups attached to an aromatic ring is 1. The number of nitrogens with zero attached hydrogens (tertiary/aromatic N) is 1. The summed E-state index contributed by atoms with van der Waals surface area (Å²) in [7, 11) is 0. The van der Waals surface area contributed by atoms with Gasteiger partial charge in [-0.1, -0.05) is 6.07 Å². The van der Waals surface area contributed by atoms with Gasteiger partial charge in [0.15, 0.2) is 5.88 Å². The van der Waals surface area contributed by atoms with Gasteiger partial charge in [-0.3, -0.25) is 4.98 Å². The van der Waals surface area contributed by atoms with Crippen LogP contribution in [0.5, 0.6) is 0 Å². The van der Waals surface area contributed by atoms with Gasteiger partial charge in [-0.05, 0) is 18.2 Å². The van der Waals surface area contributed by atoms with E-state index in [4.69, 9.17) is 10.2 Å². The van der Waals surface area contributed by atoms with E-state index in [2.05, 4.69) is 10.3 Å². The molecule has 0 saturated carbocycles. The van der Waals surface area contributed by atoms with Crippen LogP contribution in [0.1, 0.15) is 11.5 Å². The smallest absolute Gasteiger partial charge is 0.190 e. The van der Waals surface area contributed by atoms with E-state index in [-0.39, 0.29) is 0 Å². The standard InChI is InChI=1S/C11H13N3O/c12-11-5-4-10(15-11)8-13-7-9-3-1-2-6-14-9/h1-6,13H,7-8,12H2. The van der Waals surface area contributed by atoms with E-state index in [0.717, 1.165) is 18.0 Å². The van der Waals surface area contributed by atoms with Gasteiger partial charge in [0.2, 0.25) is 0 Å². The second kappa shape index (κ2) is 4.61. The van der Waals surface area contributed by atoms with Crippen LogP contribution >= 0.6 is 0 Å². The number of pyridine rings is 1. The molecular formula is C11H13N3O. The second-order valence-electron chi connectivity index (χ2n) is 3.23. The highest BCUT2D eigenvalue weighted by Crippen LogP contribution is 2.08. The van der Waals surface area contributed by atoms with Gasteiger partial charge in [0.25, 0.3) is 0 Å². The quantitative estimate of drug-likeness (QED) is 0.791. The summed E-state index contributed by atoms with van der Waals surface area (Å²) in [4.78, 5) is 4.20. The third-order valence-electron chi connectivity index (χ3n) is 2.01. The zero-order valence-electron chi connectivity index (χ0n) is 8.31. The first kappa shape index (κ1) is 9.73. The highest BCUT2D eigenvalue weighted by Gasteiger charge is 1.98. The first-order chi connectivity index (χ1) is 7.34. The summed E-state index contributed by atoms with van der Waals surface area (Å²) in [5.41, 5.74) is 6.47. The summed E-state index contributed by atoms with van der Waals surface area (Å²) >= 11 is 0. The van der Waals surface area contributed by atoms with Crippen molar-refractivity contribution in [1.82, 2.24) is 10.3 Å². The van der Waals surface area contributed by atoms with Crippen molar-refractivity contribution < 1.29 is 4.42 Å². The van der Waals surface area contributed by atoms with Crippen LogP contribution < -0.4 is 11.1 Å². The third kappa shape index (κ3) is 2.82. The molecular weight excluding hydrogens is 190 g/mol. The summed E-state index contributed by atoms with van der Waals surface area (Å²) in [6.07, 6.45) is 1.78. The number of hydrogen-bond donors (Lipinski definition) is 2. The largest absolute Gasteiger partial charge is 0.445 e. The molecule has 0 atom stereocenters. The lowest BCUT2D eigenvalue weighted by Gasteiger charge is -2.01. The second-order valence-corrected chi connectivity index (χ2v) is 3.23. The number of aromatic nitrogens is 1. The molecule has 0 aliphatic rings. The molecule has 78 valence electrons. The van der Waals surface area contributed by atoms with E-state index in [1.807, 2.05) is 24.3 Å². The fourth-order valence-corrected chi connectivity index (χ4v) is 1.31. The fourth-order valence-electron chi connectivity index (χ4n) is 1.31. The SMILES string of the molecule is Nc1ccc(CNCc2ccccn2)o1. The summed E-state index contributed by atoms with van der Waals surface area (Å²) < 4.78 is 5.22. The van der Waals surface area contributed by atoms with Crippen LogP contribution in [-0.4, -0.2) is 4.98 Å². The molecule has 0 amide bonds. The van der Waals surface area contributed by atoms with Crippen molar-refractivity contribution in [3.05, 3.63) is 48.0 Å². The van der Waals surface area contributed by atoms with Gasteiger partial charge in [0, 0.05) is 18.8 Å². The average molecular weight is 203 g/mol.